The fourth-order valence-corrected chi connectivity index (χ4v) is 2.53. The molecule has 1 saturated heterocycles. The van der Waals surface area contributed by atoms with Gasteiger partial charge in [0.15, 0.2) is 0 Å². The van der Waals surface area contributed by atoms with E-state index in [0.717, 1.165) is 6.42 Å². The number of carbonyl (C=O) groups excluding carboxylic acids is 1. The van der Waals surface area contributed by atoms with Crippen LogP contribution in [0.1, 0.15) is 23.7 Å². The van der Waals surface area contributed by atoms with Crippen LogP contribution in [0.2, 0.25) is 10.0 Å². The van der Waals surface area contributed by atoms with Gasteiger partial charge in [-0.1, -0.05) is 30.1 Å². The third-order valence-corrected chi connectivity index (χ3v) is 3.83. The molecule has 1 heterocycles. The molecule has 19 heavy (non-hydrogen) atoms. The van der Waals surface area contributed by atoms with Gasteiger partial charge in [-0.05, 0) is 18.6 Å². The largest absolute Gasteiger partial charge is 0.396 e. The second-order valence-electron chi connectivity index (χ2n) is 4.51. The van der Waals surface area contributed by atoms with E-state index in [1.807, 2.05) is 6.92 Å². The first kappa shape index (κ1) is 14.4. The molecule has 104 valence electrons. The average molecular weight is 303 g/mol. The number of rotatable bonds is 2. The minimum absolute atomic E-state index is 0.0921. The van der Waals surface area contributed by atoms with Crippen LogP contribution in [0.3, 0.4) is 0 Å². The van der Waals surface area contributed by atoms with Crippen LogP contribution in [-0.2, 0) is 4.74 Å². The maximum atomic E-state index is 12.4. The molecule has 0 aromatic heterocycles. The summed E-state index contributed by atoms with van der Waals surface area (Å²) in [7, 11) is 0. The van der Waals surface area contributed by atoms with Crippen LogP contribution in [0.4, 0.5) is 5.69 Å². The molecule has 1 amide bonds. The highest BCUT2D eigenvalue weighted by molar-refractivity contribution is 6.39. The molecule has 1 aliphatic heterocycles. The molecule has 1 fully saturated rings. The molecule has 0 aliphatic carbocycles. The number of ether oxygens (including phenoxy) is 1. The van der Waals surface area contributed by atoms with E-state index in [0.29, 0.717) is 41.0 Å². The zero-order valence-corrected chi connectivity index (χ0v) is 12.2. The Kier molecular flexibility index (Phi) is 4.55. The number of halogens is 2. The lowest BCUT2D eigenvalue weighted by molar-refractivity contribution is -0.0226. The highest BCUT2D eigenvalue weighted by Gasteiger charge is 2.24. The predicted molar refractivity (Wildman–Crippen MR) is 76.8 cm³/mol. The SMILES string of the molecule is CCC1CN(C(=O)c2cc(Cl)c(N)c(Cl)c2)CCO1. The topological polar surface area (TPSA) is 55.6 Å². The number of anilines is 1. The number of nitrogens with zero attached hydrogens (tertiary/aromatic N) is 1. The van der Waals surface area contributed by atoms with Gasteiger partial charge in [-0.3, -0.25) is 4.79 Å². The number of amides is 1. The lowest BCUT2D eigenvalue weighted by Gasteiger charge is -2.32. The van der Waals surface area contributed by atoms with E-state index in [1.54, 1.807) is 17.0 Å². The van der Waals surface area contributed by atoms with Gasteiger partial charge < -0.3 is 15.4 Å². The normalized spacial score (nSPS) is 19.5. The van der Waals surface area contributed by atoms with Crippen molar-refractivity contribution in [1.82, 2.24) is 4.90 Å². The Morgan fingerprint density at radius 3 is 2.68 bits per heavy atom. The van der Waals surface area contributed by atoms with Crippen molar-refractivity contribution in [2.45, 2.75) is 19.4 Å². The van der Waals surface area contributed by atoms with E-state index < -0.39 is 0 Å². The molecule has 1 aromatic rings. The minimum Gasteiger partial charge on any atom is -0.396 e. The number of nitrogens with two attached hydrogens (primary N) is 1. The van der Waals surface area contributed by atoms with E-state index in [2.05, 4.69) is 0 Å². The van der Waals surface area contributed by atoms with E-state index in [-0.39, 0.29) is 12.0 Å². The van der Waals surface area contributed by atoms with Crippen molar-refractivity contribution in [3.8, 4) is 0 Å². The molecule has 2 rings (SSSR count). The van der Waals surface area contributed by atoms with Gasteiger partial charge in [0, 0.05) is 18.7 Å². The summed E-state index contributed by atoms with van der Waals surface area (Å²) in [5.74, 6) is -0.0921. The Morgan fingerprint density at radius 2 is 2.11 bits per heavy atom. The van der Waals surface area contributed by atoms with Gasteiger partial charge in [-0.2, -0.15) is 0 Å². The van der Waals surface area contributed by atoms with Crippen LogP contribution in [0.5, 0.6) is 0 Å². The molecular weight excluding hydrogens is 287 g/mol. The number of carbonyl (C=O) groups is 1. The summed E-state index contributed by atoms with van der Waals surface area (Å²) >= 11 is 11.9. The molecule has 1 aliphatic rings. The second-order valence-corrected chi connectivity index (χ2v) is 5.32. The molecule has 2 N–H and O–H groups in total. The molecule has 1 unspecified atom stereocenters. The van der Waals surface area contributed by atoms with Gasteiger partial charge in [0.25, 0.3) is 5.91 Å². The molecule has 4 nitrogen and oxygen atoms in total. The lowest BCUT2D eigenvalue weighted by atomic mass is 10.1. The Balaban J connectivity index is 2.19. The zero-order chi connectivity index (χ0) is 14.0. The Bertz CT molecular complexity index is 471. The Hall–Kier alpha value is -0.970. The number of nitrogen functional groups attached to an aromatic ring is 1. The highest BCUT2D eigenvalue weighted by atomic mass is 35.5. The van der Waals surface area contributed by atoms with Crippen LogP contribution < -0.4 is 5.73 Å². The smallest absolute Gasteiger partial charge is 0.254 e. The van der Waals surface area contributed by atoms with E-state index in [4.69, 9.17) is 33.7 Å². The third kappa shape index (κ3) is 3.14. The van der Waals surface area contributed by atoms with Gasteiger partial charge in [-0.15, -0.1) is 0 Å². The number of morpholine rings is 1. The predicted octanol–water partition coefficient (Wildman–Crippen LogP) is 2.83. The quantitative estimate of drug-likeness (QED) is 0.855. The van der Waals surface area contributed by atoms with Gasteiger partial charge in [0.1, 0.15) is 0 Å². The van der Waals surface area contributed by atoms with Crippen LogP contribution >= 0.6 is 23.2 Å². The highest BCUT2D eigenvalue weighted by Crippen LogP contribution is 2.29. The molecule has 0 radical (unpaired) electrons. The first-order chi connectivity index (χ1) is 9.02. The molecule has 1 aromatic carbocycles. The third-order valence-electron chi connectivity index (χ3n) is 3.21. The first-order valence-electron chi connectivity index (χ1n) is 6.18. The van der Waals surface area contributed by atoms with Crippen molar-refractivity contribution in [2.75, 3.05) is 25.4 Å². The maximum Gasteiger partial charge on any atom is 0.254 e. The van der Waals surface area contributed by atoms with Crippen molar-refractivity contribution in [3.63, 3.8) is 0 Å². The minimum atomic E-state index is -0.0921. The van der Waals surface area contributed by atoms with Crippen molar-refractivity contribution >= 4 is 34.8 Å². The first-order valence-corrected chi connectivity index (χ1v) is 6.94. The van der Waals surface area contributed by atoms with Gasteiger partial charge in [-0.25, -0.2) is 0 Å². The number of hydrogen-bond acceptors (Lipinski definition) is 3. The summed E-state index contributed by atoms with van der Waals surface area (Å²) in [6.45, 7) is 3.76. The molecule has 0 spiro atoms. The van der Waals surface area contributed by atoms with Gasteiger partial charge >= 0.3 is 0 Å². The molecule has 0 bridgehead atoms. The van der Waals surface area contributed by atoms with E-state index in [1.165, 1.54) is 0 Å². The molecular formula is C13H16Cl2N2O2. The van der Waals surface area contributed by atoms with Crippen molar-refractivity contribution in [3.05, 3.63) is 27.7 Å². The molecule has 6 heteroatoms. The fourth-order valence-electron chi connectivity index (χ4n) is 2.04. The maximum absolute atomic E-state index is 12.4. The van der Waals surface area contributed by atoms with Crippen LogP contribution in [0.15, 0.2) is 12.1 Å². The monoisotopic (exact) mass is 302 g/mol. The summed E-state index contributed by atoms with van der Waals surface area (Å²) in [6, 6.07) is 3.11. The molecule has 0 saturated carbocycles. The summed E-state index contributed by atoms with van der Waals surface area (Å²) in [5, 5.41) is 0.604. The zero-order valence-electron chi connectivity index (χ0n) is 10.7. The van der Waals surface area contributed by atoms with E-state index >= 15 is 0 Å². The van der Waals surface area contributed by atoms with Crippen LogP contribution in [-0.4, -0.2) is 36.6 Å². The summed E-state index contributed by atoms with van der Waals surface area (Å²) in [5.41, 5.74) is 6.42. The average Bonchev–Trinajstić information content (AvgIpc) is 2.43. The Morgan fingerprint density at radius 1 is 1.47 bits per heavy atom. The van der Waals surface area contributed by atoms with Gasteiger partial charge in [0.05, 0.1) is 28.4 Å². The van der Waals surface area contributed by atoms with Crippen LogP contribution in [0.25, 0.3) is 0 Å². The fraction of sp³-hybridized carbons (Fsp3) is 0.462. The van der Waals surface area contributed by atoms with Crippen molar-refractivity contribution in [1.29, 1.82) is 0 Å². The van der Waals surface area contributed by atoms with Crippen LogP contribution in [0, 0.1) is 0 Å². The number of hydrogen-bond donors (Lipinski definition) is 1. The van der Waals surface area contributed by atoms with E-state index in [9.17, 15) is 4.79 Å². The van der Waals surface area contributed by atoms with Crippen molar-refractivity contribution in [2.24, 2.45) is 0 Å². The molecule has 1 atom stereocenters. The lowest BCUT2D eigenvalue weighted by Crippen LogP contribution is -2.45. The summed E-state index contributed by atoms with van der Waals surface area (Å²) in [4.78, 5) is 14.1. The summed E-state index contributed by atoms with van der Waals surface area (Å²) < 4.78 is 5.54. The van der Waals surface area contributed by atoms with Crippen molar-refractivity contribution < 1.29 is 9.53 Å². The Labute approximate surface area is 122 Å². The van der Waals surface area contributed by atoms with Gasteiger partial charge in [0.2, 0.25) is 0 Å². The summed E-state index contributed by atoms with van der Waals surface area (Å²) in [6.07, 6.45) is 0.977. The standard InChI is InChI=1S/C13H16Cl2N2O2/c1-2-9-7-17(3-4-19-9)13(18)8-5-10(14)12(16)11(15)6-8/h5-6,9H,2-4,7,16H2,1H3. The second kappa shape index (κ2) is 5.99. The number of benzene rings is 1.